The first-order valence-electron chi connectivity index (χ1n) is 11.0. The molecule has 8 heteroatoms. The highest BCUT2D eigenvalue weighted by atomic mass is 16.5. The van der Waals surface area contributed by atoms with E-state index < -0.39 is 0 Å². The third-order valence-corrected chi connectivity index (χ3v) is 6.04. The van der Waals surface area contributed by atoms with Crippen molar-refractivity contribution in [2.75, 3.05) is 33.3 Å². The van der Waals surface area contributed by atoms with Crippen LogP contribution >= 0.6 is 0 Å². The van der Waals surface area contributed by atoms with Crippen molar-refractivity contribution >= 4 is 17.9 Å². The van der Waals surface area contributed by atoms with E-state index in [1.807, 2.05) is 44.2 Å². The summed E-state index contributed by atoms with van der Waals surface area (Å²) in [5.41, 5.74) is 3.77. The number of methoxy groups -OCH3 is 1. The molecule has 0 bridgehead atoms. The summed E-state index contributed by atoms with van der Waals surface area (Å²) in [5.74, 6) is 0.528. The Balaban J connectivity index is 1.50. The van der Waals surface area contributed by atoms with Gasteiger partial charge >= 0.3 is 0 Å². The van der Waals surface area contributed by atoms with Gasteiger partial charge in [0.2, 0.25) is 0 Å². The molecule has 0 saturated carbocycles. The van der Waals surface area contributed by atoms with Crippen molar-refractivity contribution in [2.24, 2.45) is 0 Å². The van der Waals surface area contributed by atoms with Crippen LogP contribution in [0.4, 0.5) is 0 Å². The van der Waals surface area contributed by atoms with Crippen LogP contribution in [-0.4, -0.2) is 59.5 Å². The molecule has 1 aromatic carbocycles. The summed E-state index contributed by atoms with van der Waals surface area (Å²) in [7, 11) is 1.63. The summed E-state index contributed by atoms with van der Waals surface area (Å²) in [6.07, 6.45) is 3.10. The minimum absolute atomic E-state index is 0.0702. The van der Waals surface area contributed by atoms with Gasteiger partial charge in [0.15, 0.2) is 5.76 Å². The van der Waals surface area contributed by atoms with E-state index in [2.05, 4.69) is 10.6 Å². The Morgan fingerprint density at radius 2 is 1.74 bits per heavy atom. The lowest BCUT2D eigenvalue weighted by molar-refractivity contribution is -0.128. The quantitative estimate of drug-likeness (QED) is 0.430. The topological polar surface area (TPSA) is 91.7 Å². The fourth-order valence-corrected chi connectivity index (χ4v) is 4.20. The zero-order chi connectivity index (χ0) is 24.2. The molecule has 0 radical (unpaired) electrons. The predicted molar refractivity (Wildman–Crippen MR) is 127 cm³/mol. The maximum atomic E-state index is 13.1. The molecule has 34 heavy (non-hydrogen) atoms. The molecule has 4 rings (SSSR count). The zero-order valence-corrected chi connectivity index (χ0v) is 19.4. The Morgan fingerprint density at radius 3 is 2.32 bits per heavy atom. The molecule has 8 nitrogen and oxygen atoms in total. The van der Waals surface area contributed by atoms with Gasteiger partial charge in [-0.2, -0.15) is 5.26 Å². The number of hydrogen-bond donors (Lipinski definition) is 0. The van der Waals surface area contributed by atoms with Crippen molar-refractivity contribution in [1.82, 2.24) is 14.4 Å². The fourth-order valence-electron chi connectivity index (χ4n) is 4.20. The van der Waals surface area contributed by atoms with Crippen LogP contribution in [0.5, 0.6) is 5.75 Å². The Hall–Kier alpha value is -4.25. The minimum atomic E-state index is -0.332. The molecule has 2 aromatic heterocycles. The van der Waals surface area contributed by atoms with E-state index in [9.17, 15) is 14.9 Å². The number of hydrogen-bond acceptors (Lipinski definition) is 5. The number of nitriles is 1. The van der Waals surface area contributed by atoms with Crippen molar-refractivity contribution < 1.29 is 18.7 Å². The van der Waals surface area contributed by atoms with Gasteiger partial charge in [0.05, 0.1) is 13.4 Å². The van der Waals surface area contributed by atoms with Gasteiger partial charge in [-0.3, -0.25) is 9.59 Å². The molecule has 0 aliphatic carbocycles. The van der Waals surface area contributed by atoms with E-state index in [0.29, 0.717) is 26.2 Å². The second-order valence-electron chi connectivity index (χ2n) is 8.09. The van der Waals surface area contributed by atoms with Gasteiger partial charge in [-0.15, -0.1) is 0 Å². The average Bonchev–Trinajstić information content (AvgIpc) is 3.50. The summed E-state index contributed by atoms with van der Waals surface area (Å²) >= 11 is 0. The molecule has 1 fully saturated rings. The lowest BCUT2D eigenvalue weighted by Gasteiger charge is -2.34. The molecule has 174 valence electrons. The van der Waals surface area contributed by atoms with Crippen LogP contribution in [-0.2, 0) is 4.79 Å². The average molecular weight is 459 g/mol. The van der Waals surface area contributed by atoms with Crippen LogP contribution in [0.15, 0.2) is 58.7 Å². The van der Waals surface area contributed by atoms with Crippen LogP contribution in [0, 0.1) is 25.2 Å². The number of carbonyl (C=O) groups excluding carboxylic acids is 2. The summed E-state index contributed by atoms with van der Waals surface area (Å²) in [6.45, 7) is 5.43. The van der Waals surface area contributed by atoms with Crippen LogP contribution in [0.3, 0.4) is 0 Å². The number of piperazine rings is 1. The molecular weight excluding hydrogens is 432 g/mol. The lowest BCUT2D eigenvalue weighted by atomic mass is 10.1. The first-order chi connectivity index (χ1) is 16.4. The second kappa shape index (κ2) is 9.71. The number of nitrogens with zero attached hydrogens (tertiary/aromatic N) is 4. The smallest absolute Gasteiger partial charge is 0.289 e. The van der Waals surface area contributed by atoms with Gasteiger partial charge in [0.25, 0.3) is 11.8 Å². The van der Waals surface area contributed by atoms with E-state index in [4.69, 9.17) is 9.15 Å². The molecule has 1 aliphatic heterocycles. The molecule has 0 N–H and O–H groups in total. The first kappa shape index (κ1) is 22.9. The highest BCUT2D eigenvalue weighted by Crippen LogP contribution is 2.25. The molecule has 2 amide bonds. The maximum absolute atomic E-state index is 13.1. The highest BCUT2D eigenvalue weighted by molar-refractivity contribution is 6.02. The molecule has 3 heterocycles. The van der Waals surface area contributed by atoms with E-state index in [0.717, 1.165) is 28.4 Å². The number of benzene rings is 1. The van der Waals surface area contributed by atoms with Crippen LogP contribution in [0.25, 0.3) is 11.8 Å². The summed E-state index contributed by atoms with van der Waals surface area (Å²) < 4.78 is 12.5. The third-order valence-electron chi connectivity index (χ3n) is 6.04. The third kappa shape index (κ3) is 4.46. The van der Waals surface area contributed by atoms with Gasteiger partial charge in [0.1, 0.15) is 17.4 Å². The Labute approximate surface area is 198 Å². The fraction of sp³-hybridized carbons (Fsp3) is 0.269. The number of aromatic nitrogens is 1. The summed E-state index contributed by atoms with van der Waals surface area (Å²) in [5, 5.41) is 9.73. The Morgan fingerprint density at radius 1 is 1.06 bits per heavy atom. The number of aryl methyl sites for hydroxylation is 1. The highest BCUT2D eigenvalue weighted by Gasteiger charge is 2.27. The molecule has 1 saturated heterocycles. The number of ether oxygens (including phenoxy) is 1. The normalized spacial score (nSPS) is 14.1. The monoisotopic (exact) mass is 458 g/mol. The molecular formula is C26H26N4O4. The van der Waals surface area contributed by atoms with Crippen molar-refractivity contribution in [3.05, 3.63) is 77.0 Å². The maximum Gasteiger partial charge on any atom is 0.289 e. The van der Waals surface area contributed by atoms with Gasteiger partial charge in [0, 0.05) is 43.3 Å². The van der Waals surface area contributed by atoms with Crippen molar-refractivity contribution in [2.45, 2.75) is 13.8 Å². The van der Waals surface area contributed by atoms with Crippen LogP contribution in [0.1, 0.15) is 27.5 Å². The van der Waals surface area contributed by atoms with Crippen molar-refractivity contribution in [3.63, 3.8) is 0 Å². The van der Waals surface area contributed by atoms with Gasteiger partial charge in [-0.1, -0.05) is 0 Å². The molecule has 0 unspecified atom stereocenters. The largest absolute Gasteiger partial charge is 0.497 e. The Bertz CT molecular complexity index is 1260. The molecule has 3 aromatic rings. The summed E-state index contributed by atoms with van der Waals surface area (Å²) in [6, 6.07) is 15.0. The predicted octanol–water partition coefficient (Wildman–Crippen LogP) is 3.59. The molecule has 0 atom stereocenters. The van der Waals surface area contributed by atoms with E-state index in [-0.39, 0.29) is 23.1 Å². The van der Waals surface area contributed by atoms with Gasteiger partial charge in [-0.05, 0) is 68.0 Å². The number of carbonyl (C=O) groups is 2. The van der Waals surface area contributed by atoms with Gasteiger partial charge < -0.3 is 23.5 Å². The zero-order valence-electron chi connectivity index (χ0n) is 19.4. The van der Waals surface area contributed by atoms with Gasteiger partial charge in [-0.25, -0.2) is 0 Å². The van der Waals surface area contributed by atoms with Crippen molar-refractivity contribution in [3.8, 4) is 17.5 Å². The standard InChI is InChI=1S/C26H26N4O4/c1-18-15-20(19(2)30(18)22-6-8-23(33-3)9-7-22)16-21(17-27)25(31)28-10-12-29(13-11-28)26(32)24-5-4-14-34-24/h4-9,14-16H,10-13H2,1-3H3/b21-16-. The number of amides is 2. The first-order valence-corrected chi connectivity index (χ1v) is 11.0. The SMILES string of the molecule is COc1ccc(-n2c(C)cc(/C=C(/C#N)C(=O)N3CCN(C(=O)c4ccco4)CC3)c2C)cc1. The summed E-state index contributed by atoms with van der Waals surface area (Å²) in [4.78, 5) is 28.8. The van der Waals surface area contributed by atoms with E-state index in [1.165, 1.54) is 6.26 Å². The Kier molecular flexibility index (Phi) is 6.55. The molecule has 0 spiro atoms. The van der Waals surface area contributed by atoms with Crippen LogP contribution in [0.2, 0.25) is 0 Å². The van der Waals surface area contributed by atoms with E-state index >= 15 is 0 Å². The lowest BCUT2D eigenvalue weighted by Crippen LogP contribution is -2.50. The number of rotatable bonds is 5. The van der Waals surface area contributed by atoms with Crippen LogP contribution < -0.4 is 4.74 Å². The minimum Gasteiger partial charge on any atom is -0.497 e. The molecule has 1 aliphatic rings. The number of furan rings is 1. The van der Waals surface area contributed by atoms with E-state index in [1.54, 1.807) is 35.1 Å². The van der Waals surface area contributed by atoms with Crippen molar-refractivity contribution in [1.29, 1.82) is 5.26 Å². The second-order valence-corrected chi connectivity index (χ2v) is 8.09.